The number of benzene rings is 1. The number of carboxylic acid groups (broad SMARTS) is 1. The molecule has 120 valence electrons. The zero-order valence-corrected chi connectivity index (χ0v) is 13.1. The van der Waals surface area contributed by atoms with Gasteiger partial charge in [-0.25, -0.2) is 0 Å². The van der Waals surface area contributed by atoms with Crippen LogP contribution in [0.1, 0.15) is 36.2 Å². The van der Waals surface area contributed by atoms with E-state index < -0.39 is 11.5 Å². The highest BCUT2D eigenvalue weighted by molar-refractivity contribution is 6.30. The molecule has 0 bridgehead atoms. The number of nitrogens with one attached hydrogen (secondary N) is 2. The Labute approximate surface area is 137 Å². The van der Waals surface area contributed by atoms with E-state index in [2.05, 4.69) is 15.5 Å². The number of carbonyl (C=O) groups is 2. The Kier molecular flexibility index (Phi) is 4.09. The average Bonchev–Trinajstić information content (AvgIpc) is 2.95. The van der Waals surface area contributed by atoms with Crippen molar-refractivity contribution in [1.82, 2.24) is 15.5 Å². The largest absolute Gasteiger partial charge is 0.481 e. The monoisotopic (exact) mass is 333 g/mol. The van der Waals surface area contributed by atoms with Crippen LogP contribution in [0.4, 0.5) is 0 Å². The van der Waals surface area contributed by atoms with Gasteiger partial charge < -0.3 is 10.4 Å². The lowest BCUT2D eigenvalue weighted by atomic mass is 9.74. The average molecular weight is 334 g/mol. The van der Waals surface area contributed by atoms with Gasteiger partial charge in [-0.3, -0.25) is 14.7 Å². The number of rotatable bonds is 5. The first-order valence-electron chi connectivity index (χ1n) is 7.33. The van der Waals surface area contributed by atoms with Gasteiger partial charge in [-0.2, -0.15) is 5.10 Å². The van der Waals surface area contributed by atoms with Crippen molar-refractivity contribution in [3.63, 3.8) is 0 Å². The van der Waals surface area contributed by atoms with Crippen molar-refractivity contribution in [2.45, 2.75) is 31.2 Å². The summed E-state index contributed by atoms with van der Waals surface area (Å²) in [7, 11) is 0. The van der Waals surface area contributed by atoms with Crippen molar-refractivity contribution in [2.24, 2.45) is 0 Å². The highest BCUT2D eigenvalue weighted by Gasteiger charge is 2.40. The van der Waals surface area contributed by atoms with E-state index in [9.17, 15) is 9.59 Å². The minimum atomic E-state index is -0.906. The van der Waals surface area contributed by atoms with E-state index in [0.29, 0.717) is 29.3 Å². The molecule has 1 amide bonds. The fourth-order valence-corrected chi connectivity index (χ4v) is 2.88. The van der Waals surface area contributed by atoms with Crippen molar-refractivity contribution in [1.29, 1.82) is 0 Å². The van der Waals surface area contributed by atoms with Gasteiger partial charge in [0.1, 0.15) is 5.69 Å². The number of hydrogen-bond donors (Lipinski definition) is 3. The van der Waals surface area contributed by atoms with Crippen LogP contribution in [0.15, 0.2) is 30.3 Å². The molecule has 3 rings (SSSR count). The minimum Gasteiger partial charge on any atom is -0.481 e. The maximum Gasteiger partial charge on any atom is 0.305 e. The van der Waals surface area contributed by atoms with Gasteiger partial charge in [-0.1, -0.05) is 23.7 Å². The number of aromatic amines is 1. The van der Waals surface area contributed by atoms with E-state index in [-0.39, 0.29) is 12.3 Å². The van der Waals surface area contributed by atoms with Crippen LogP contribution in [0.3, 0.4) is 0 Å². The van der Waals surface area contributed by atoms with Gasteiger partial charge in [-0.15, -0.1) is 0 Å². The van der Waals surface area contributed by atoms with Crippen LogP contribution in [0.5, 0.6) is 0 Å². The Morgan fingerprint density at radius 1 is 1.30 bits per heavy atom. The molecule has 1 fully saturated rings. The van der Waals surface area contributed by atoms with Crippen LogP contribution in [0.25, 0.3) is 11.3 Å². The molecular weight excluding hydrogens is 318 g/mol. The number of aromatic nitrogens is 2. The van der Waals surface area contributed by atoms with Crippen LogP contribution in [-0.4, -0.2) is 32.7 Å². The molecule has 1 aliphatic rings. The number of halogens is 1. The SMILES string of the molecule is O=C(O)CC1(NC(=O)c2cc(-c3ccc(Cl)cc3)n[nH]2)CCC1. The molecule has 0 radical (unpaired) electrons. The molecule has 23 heavy (non-hydrogen) atoms. The van der Waals surface area contributed by atoms with Crippen LogP contribution >= 0.6 is 11.6 Å². The third-order valence-corrected chi connectivity index (χ3v) is 4.39. The van der Waals surface area contributed by atoms with Crippen molar-refractivity contribution in [3.8, 4) is 11.3 Å². The highest BCUT2D eigenvalue weighted by Crippen LogP contribution is 2.35. The molecule has 0 spiro atoms. The van der Waals surface area contributed by atoms with E-state index in [0.717, 1.165) is 12.0 Å². The number of carboxylic acids is 1. The minimum absolute atomic E-state index is 0.0586. The van der Waals surface area contributed by atoms with Crippen molar-refractivity contribution < 1.29 is 14.7 Å². The van der Waals surface area contributed by atoms with E-state index in [4.69, 9.17) is 16.7 Å². The van der Waals surface area contributed by atoms with Gasteiger partial charge in [0, 0.05) is 10.6 Å². The highest BCUT2D eigenvalue weighted by atomic mass is 35.5. The third-order valence-electron chi connectivity index (χ3n) is 4.14. The molecular formula is C16H16ClN3O3. The quantitative estimate of drug-likeness (QED) is 0.784. The summed E-state index contributed by atoms with van der Waals surface area (Å²) in [6.45, 7) is 0. The Morgan fingerprint density at radius 2 is 2.00 bits per heavy atom. The topological polar surface area (TPSA) is 95.1 Å². The molecule has 1 saturated carbocycles. The first-order valence-corrected chi connectivity index (χ1v) is 7.71. The lowest BCUT2D eigenvalue weighted by Crippen LogP contribution is -2.54. The molecule has 2 aromatic rings. The number of amides is 1. The maximum absolute atomic E-state index is 12.3. The molecule has 1 aliphatic carbocycles. The molecule has 0 atom stereocenters. The van der Waals surface area contributed by atoms with E-state index >= 15 is 0 Å². The summed E-state index contributed by atoms with van der Waals surface area (Å²) in [5.74, 6) is -1.24. The number of aliphatic carboxylic acids is 1. The number of nitrogens with zero attached hydrogens (tertiary/aromatic N) is 1. The molecule has 3 N–H and O–H groups in total. The number of hydrogen-bond acceptors (Lipinski definition) is 3. The zero-order chi connectivity index (χ0) is 16.4. The fraction of sp³-hybridized carbons (Fsp3) is 0.312. The summed E-state index contributed by atoms with van der Waals surface area (Å²) >= 11 is 5.85. The van der Waals surface area contributed by atoms with Crippen molar-refractivity contribution in [3.05, 3.63) is 41.0 Å². The normalized spacial score (nSPS) is 15.7. The van der Waals surface area contributed by atoms with Gasteiger partial charge in [0.05, 0.1) is 17.7 Å². The maximum atomic E-state index is 12.3. The number of carbonyl (C=O) groups excluding carboxylic acids is 1. The van der Waals surface area contributed by atoms with Gasteiger partial charge in [0.25, 0.3) is 5.91 Å². The smallest absolute Gasteiger partial charge is 0.305 e. The van der Waals surface area contributed by atoms with E-state index in [1.807, 2.05) is 12.1 Å². The van der Waals surface area contributed by atoms with Gasteiger partial charge >= 0.3 is 5.97 Å². The second-order valence-corrected chi connectivity index (χ2v) is 6.27. The van der Waals surface area contributed by atoms with Gasteiger partial charge in [-0.05, 0) is 37.5 Å². The standard InChI is InChI=1S/C16H16ClN3O3/c17-11-4-2-10(3-5-11)12-8-13(20-19-12)15(23)18-16(6-1-7-16)9-14(21)22/h2-5,8H,1,6-7,9H2,(H,18,23)(H,19,20)(H,21,22). The second kappa shape index (κ2) is 6.04. The van der Waals surface area contributed by atoms with Crippen molar-refractivity contribution >= 4 is 23.5 Å². The molecule has 1 heterocycles. The fourth-order valence-electron chi connectivity index (χ4n) is 2.75. The Hall–Kier alpha value is -2.34. The molecule has 7 heteroatoms. The van der Waals surface area contributed by atoms with Gasteiger partial charge in [0.2, 0.25) is 0 Å². The molecule has 0 unspecified atom stereocenters. The van der Waals surface area contributed by atoms with Gasteiger partial charge in [0.15, 0.2) is 0 Å². The predicted molar refractivity (Wildman–Crippen MR) is 85.3 cm³/mol. The molecule has 0 saturated heterocycles. The zero-order valence-electron chi connectivity index (χ0n) is 12.3. The number of H-pyrrole nitrogens is 1. The third kappa shape index (κ3) is 3.37. The lowest BCUT2D eigenvalue weighted by Gasteiger charge is -2.41. The van der Waals surface area contributed by atoms with Crippen LogP contribution in [0.2, 0.25) is 5.02 Å². The summed E-state index contributed by atoms with van der Waals surface area (Å²) in [6.07, 6.45) is 2.23. The van der Waals surface area contributed by atoms with Crippen LogP contribution < -0.4 is 5.32 Å². The van der Waals surface area contributed by atoms with Crippen LogP contribution in [-0.2, 0) is 4.79 Å². The summed E-state index contributed by atoms with van der Waals surface area (Å²) in [5, 5.41) is 19.3. The summed E-state index contributed by atoms with van der Waals surface area (Å²) in [5.41, 5.74) is 1.15. The molecule has 1 aromatic heterocycles. The second-order valence-electron chi connectivity index (χ2n) is 5.83. The first kappa shape index (κ1) is 15.6. The lowest BCUT2D eigenvalue weighted by molar-refractivity contribution is -0.139. The van der Waals surface area contributed by atoms with Crippen molar-refractivity contribution in [2.75, 3.05) is 0 Å². The first-order chi connectivity index (χ1) is 11.0. The molecule has 6 nitrogen and oxygen atoms in total. The molecule has 1 aromatic carbocycles. The Morgan fingerprint density at radius 3 is 2.57 bits per heavy atom. The van der Waals surface area contributed by atoms with E-state index in [1.54, 1.807) is 18.2 Å². The Balaban J connectivity index is 1.73. The summed E-state index contributed by atoms with van der Waals surface area (Å²) < 4.78 is 0. The summed E-state index contributed by atoms with van der Waals surface area (Å²) in [4.78, 5) is 23.3. The Bertz CT molecular complexity index is 735. The van der Waals surface area contributed by atoms with Crippen LogP contribution in [0, 0.1) is 0 Å². The molecule has 0 aliphatic heterocycles. The van der Waals surface area contributed by atoms with E-state index in [1.165, 1.54) is 0 Å². The predicted octanol–water partition coefficient (Wildman–Crippen LogP) is 2.86. The summed E-state index contributed by atoms with van der Waals surface area (Å²) in [6, 6.07) is 8.78.